The van der Waals surface area contributed by atoms with Crippen molar-refractivity contribution in [3.63, 3.8) is 0 Å². The first-order valence-electron chi connectivity index (χ1n) is 3.88. The van der Waals surface area contributed by atoms with Crippen LogP contribution in [0.4, 0.5) is 0 Å². The van der Waals surface area contributed by atoms with Crippen molar-refractivity contribution in [3.8, 4) is 0 Å². The summed E-state index contributed by atoms with van der Waals surface area (Å²) in [4.78, 5) is 0. The summed E-state index contributed by atoms with van der Waals surface area (Å²) in [6, 6.07) is 0. The number of unbranched alkanes of at least 4 members (excludes halogenated alkanes) is 2. The molecule has 0 aliphatic heterocycles. The van der Waals surface area contributed by atoms with E-state index in [1.165, 1.54) is 12.8 Å². The van der Waals surface area contributed by atoms with E-state index in [4.69, 9.17) is 5.73 Å². The average Bonchev–Trinajstić information content (AvgIpc) is 1.97. The zero-order chi connectivity index (χ0) is 7.66. The second-order valence-corrected chi connectivity index (χ2v) is 2.30. The van der Waals surface area contributed by atoms with Gasteiger partial charge >= 0.3 is 0 Å². The molecule has 59 valence electrons. The Hall–Kier alpha value is -0.340. The fourth-order valence-corrected chi connectivity index (χ4v) is 0.756. The third-order valence-electron chi connectivity index (χ3n) is 1.32. The van der Waals surface area contributed by atoms with E-state index < -0.39 is 0 Å². The first kappa shape index (κ1) is 9.66. The molecular weight excluding hydrogens is 124 g/mol. The summed E-state index contributed by atoms with van der Waals surface area (Å²) in [7, 11) is 0. The van der Waals surface area contributed by atoms with Gasteiger partial charge in [-0.2, -0.15) is 0 Å². The molecule has 0 aromatic carbocycles. The number of hydrogen-bond donors (Lipinski definition) is 1. The number of nitrogens with one attached hydrogen (secondary N) is 2. The van der Waals surface area contributed by atoms with Crippen LogP contribution < -0.4 is 11.1 Å². The first-order chi connectivity index (χ1) is 4.91. The van der Waals surface area contributed by atoms with Gasteiger partial charge < -0.3 is 5.32 Å². The second kappa shape index (κ2) is 8.66. The Labute approximate surface area is 63.5 Å². The fourth-order valence-electron chi connectivity index (χ4n) is 0.756. The van der Waals surface area contributed by atoms with Crippen LogP contribution in [-0.2, 0) is 0 Å². The minimum absolute atomic E-state index is 0.571. The van der Waals surface area contributed by atoms with Crippen molar-refractivity contribution in [1.29, 1.82) is 0 Å². The second-order valence-electron chi connectivity index (χ2n) is 2.30. The van der Waals surface area contributed by atoms with Crippen LogP contribution in [0.3, 0.4) is 0 Å². The molecule has 0 rings (SSSR count). The third-order valence-corrected chi connectivity index (χ3v) is 1.32. The molecule has 0 saturated heterocycles. The van der Waals surface area contributed by atoms with Gasteiger partial charge in [-0.15, -0.1) is 6.58 Å². The fraction of sp³-hybridized carbons (Fsp3) is 0.750. The predicted molar refractivity (Wildman–Crippen MR) is 44.9 cm³/mol. The predicted octanol–water partition coefficient (Wildman–Crippen LogP) is 1.22. The van der Waals surface area contributed by atoms with Crippen molar-refractivity contribution in [2.45, 2.75) is 19.3 Å². The van der Waals surface area contributed by atoms with Crippen LogP contribution in [0, 0.1) is 0 Å². The van der Waals surface area contributed by atoms with Gasteiger partial charge in [-0.1, -0.05) is 12.5 Å². The van der Waals surface area contributed by atoms with E-state index in [0.717, 1.165) is 19.5 Å². The maximum Gasteiger partial charge on any atom is 0.0132 e. The number of hydrogen-bond acceptors (Lipinski definition) is 1. The van der Waals surface area contributed by atoms with Crippen molar-refractivity contribution in [2.75, 3.05) is 19.6 Å². The van der Waals surface area contributed by atoms with Crippen molar-refractivity contribution in [3.05, 3.63) is 12.7 Å². The molecule has 2 N–H and O–H groups in total. The van der Waals surface area contributed by atoms with Gasteiger partial charge in [0.2, 0.25) is 0 Å². The molecule has 0 aliphatic carbocycles. The molecule has 1 radical (unpaired) electrons. The highest BCUT2D eigenvalue weighted by atomic mass is 14.8. The Morgan fingerprint density at radius 3 is 2.70 bits per heavy atom. The van der Waals surface area contributed by atoms with Crippen LogP contribution in [0.25, 0.3) is 0 Å². The maximum atomic E-state index is 6.88. The third kappa shape index (κ3) is 7.66. The highest BCUT2D eigenvalue weighted by molar-refractivity contribution is 4.69. The minimum atomic E-state index is 0.571. The highest BCUT2D eigenvalue weighted by Crippen LogP contribution is 1.90. The lowest BCUT2D eigenvalue weighted by atomic mass is 10.2. The van der Waals surface area contributed by atoms with Gasteiger partial charge in [-0.05, 0) is 19.4 Å². The summed E-state index contributed by atoms with van der Waals surface area (Å²) in [5.74, 6) is 0. The molecule has 0 unspecified atom stereocenters. The topological polar surface area (TPSA) is 35.8 Å². The lowest BCUT2D eigenvalue weighted by Crippen LogP contribution is -2.14. The van der Waals surface area contributed by atoms with Crippen molar-refractivity contribution >= 4 is 0 Å². The molecule has 0 spiro atoms. The van der Waals surface area contributed by atoms with Gasteiger partial charge in [0.05, 0.1) is 0 Å². The van der Waals surface area contributed by atoms with Crippen molar-refractivity contribution in [1.82, 2.24) is 11.1 Å². The van der Waals surface area contributed by atoms with Crippen LogP contribution in [0.2, 0.25) is 0 Å². The maximum absolute atomic E-state index is 6.88. The van der Waals surface area contributed by atoms with E-state index in [1.807, 2.05) is 6.08 Å². The molecule has 0 bridgehead atoms. The first-order valence-corrected chi connectivity index (χ1v) is 3.88. The van der Waals surface area contributed by atoms with Gasteiger partial charge in [0.15, 0.2) is 0 Å². The van der Waals surface area contributed by atoms with Gasteiger partial charge in [0, 0.05) is 13.1 Å². The quantitative estimate of drug-likeness (QED) is 0.420. The Balaban J connectivity index is 2.70. The Bertz CT molecular complexity index is 71.7. The summed E-state index contributed by atoms with van der Waals surface area (Å²) in [5, 5.41) is 3.21. The highest BCUT2D eigenvalue weighted by Gasteiger charge is 1.85. The lowest BCUT2D eigenvalue weighted by molar-refractivity contribution is 0.629. The van der Waals surface area contributed by atoms with E-state index in [0.29, 0.717) is 6.54 Å². The Kier molecular flexibility index (Phi) is 8.37. The molecule has 0 amide bonds. The van der Waals surface area contributed by atoms with Crippen molar-refractivity contribution < 1.29 is 0 Å². The molecule has 0 fully saturated rings. The average molecular weight is 141 g/mol. The molecule has 0 aromatic heterocycles. The Morgan fingerprint density at radius 2 is 2.10 bits per heavy atom. The summed E-state index contributed by atoms with van der Waals surface area (Å²) in [6.45, 7) is 6.14. The van der Waals surface area contributed by atoms with Gasteiger partial charge in [-0.25, -0.2) is 0 Å². The van der Waals surface area contributed by atoms with Crippen LogP contribution in [0.1, 0.15) is 19.3 Å². The smallest absolute Gasteiger partial charge is 0.0132 e. The van der Waals surface area contributed by atoms with Crippen molar-refractivity contribution in [2.24, 2.45) is 0 Å². The lowest BCUT2D eigenvalue weighted by Gasteiger charge is -1.99. The monoisotopic (exact) mass is 141 g/mol. The van der Waals surface area contributed by atoms with Crippen LogP contribution >= 0.6 is 0 Å². The molecule has 0 atom stereocenters. The molecule has 2 nitrogen and oxygen atoms in total. The standard InChI is InChI=1S/C8H17N2/c1-2-7-10-8-5-3-4-6-9/h2,9-10H,1,3-8H2. The van der Waals surface area contributed by atoms with Gasteiger partial charge in [0.25, 0.3) is 0 Å². The minimum Gasteiger partial charge on any atom is -0.313 e. The van der Waals surface area contributed by atoms with Crippen LogP contribution in [-0.4, -0.2) is 19.6 Å². The van der Waals surface area contributed by atoms with E-state index in [-0.39, 0.29) is 0 Å². The van der Waals surface area contributed by atoms with E-state index in [9.17, 15) is 0 Å². The molecule has 0 heterocycles. The van der Waals surface area contributed by atoms with Gasteiger partial charge in [0.1, 0.15) is 0 Å². The van der Waals surface area contributed by atoms with E-state index in [2.05, 4.69) is 11.9 Å². The summed E-state index contributed by atoms with van der Waals surface area (Å²) >= 11 is 0. The summed E-state index contributed by atoms with van der Waals surface area (Å²) < 4.78 is 0. The normalized spacial score (nSPS) is 9.70. The zero-order valence-electron chi connectivity index (χ0n) is 6.53. The zero-order valence-corrected chi connectivity index (χ0v) is 6.53. The summed E-state index contributed by atoms with van der Waals surface area (Å²) in [5.41, 5.74) is 6.88. The molecule has 0 aliphatic rings. The molecule has 0 aromatic rings. The van der Waals surface area contributed by atoms with Gasteiger partial charge in [-0.3, -0.25) is 5.73 Å². The van der Waals surface area contributed by atoms with E-state index in [1.54, 1.807) is 0 Å². The molecule has 0 saturated carbocycles. The molecular formula is C8H17N2. The van der Waals surface area contributed by atoms with E-state index >= 15 is 0 Å². The Morgan fingerprint density at radius 1 is 1.30 bits per heavy atom. The number of rotatable bonds is 7. The van der Waals surface area contributed by atoms with Crippen LogP contribution in [0.5, 0.6) is 0 Å². The SMILES string of the molecule is C=CCNCCCCC[NH]. The largest absolute Gasteiger partial charge is 0.313 e. The van der Waals surface area contributed by atoms with Crippen LogP contribution in [0.15, 0.2) is 12.7 Å². The molecule has 10 heavy (non-hydrogen) atoms. The molecule has 2 heteroatoms. The summed E-state index contributed by atoms with van der Waals surface area (Å²) in [6.07, 6.45) is 5.26.